The third-order valence-corrected chi connectivity index (χ3v) is 5.23. The fourth-order valence-electron chi connectivity index (χ4n) is 3.73. The Kier molecular flexibility index (Phi) is 6.90. The molecule has 156 valence electrons. The number of urea groups is 1. The van der Waals surface area contributed by atoms with Crippen molar-refractivity contribution in [3.63, 3.8) is 0 Å². The molecule has 2 amide bonds. The molecule has 0 radical (unpaired) electrons. The first-order chi connectivity index (χ1) is 13.5. The van der Waals surface area contributed by atoms with Gasteiger partial charge in [0.25, 0.3) is 0 Å². The SMILES string of the molecule is COc1cc2c(cc1OC)CN(CCNC(=O)N1CC[C@H](OC(F)F)C1)CC2. The van der Waals surface area contributed by atoms with E-state index in [1.54, 1.807) is 14.2 Å². The van der Waals surface area contributed by atoms with Gasteiger partial charge in [-0.2, -0.15) is 8.78 Å². The second-order valence-corrected chi connectivity index (χ2v) is 6.99. The first-order valence-corrected chi connectivity index (χ1v) is 9.42. The predicted octanol–water partition coefficient (Wildman–Crippen LogP) is 2.08. The van der Waals surface area contributed by atoms with Crippen LogP contribution >= 0.6 is 0 Å². The zero-order valence-corrected chi connectivity index (χ0v) is 16.2. The van der Waals surface area contributed by atoms with Crippen LogP contribution in [-0.2, 0) is 17.7 Å². The van der Waals surface area contributed by atoms with Crippen LogP contribution in [0.2, 0.25) is 0 Å². The van der Waals surface area contributed by atoms with Crippen LogP contribution in [0.4, 0.5) is 13.6 Å². The number of hydrogen-bond donors (Lipinski definition) is 1. The number of carbonyl (C=O) groups is 1. The van der Waals surface area contributed by atoms with E-state index in [4.69, 9.17) is 9.47 Å². The Morgan fingerprint density at radius 1 is 1.21 bits per heavy atom. The van der Waals surface area contributed by atoms with Gasteiger partial charge in [-0.05, 0) is 36.1 Å². The molecular formula is C19H27F2N3O4. The van der Waals surface area contributed by atoms with E-state index in [2.05, 4.69) is 15.0 Å². The number of likely N-dealkylation sites (tertiary alicyclic amines) is 1. The molecule has 7 nitrogen and oxygen atoms in total. The molecule has 0 aliphatic carbocycles. The molecule has 1 aromatic rings. The summed E-state index contributed by atoms with van der Waals surface area (Å²) in [5, 5.41) is 2.87. The largest absolute Gasteiger partial charge is 0.493 e. The number of nitrogens with one attached hydrogen (secondary N) is 1. The maximum Gasteiger partial charge on any atom is 0.345 e. The Morgan fingerprint density at radius 3 is 2.61 bits per heavy atom. The molecule has 1 fully saturated rings. The van der Waals surface area contributed by atoms with Crippen molar-refractivity contribution in [2.75, 3.05) is 46.9 Å². The minimum absolute atomic E-state index is 0.203. The number of methoxy groups -OCH3 is 2. The summed E-state index contributed by atoms with van der Waals surface area (Å²) < 4.78 is 39.7. The lowest BCUT2D eigenvalue weighted by Gasteiger charge is -2.29. The van der Waals surface area contributed by atoms with E-state index in [0.717, 1.165) is 25.3 Å². The van der Waals surface area contributed by atoms with Gasteiger partial charge in [0.1, 0.15) is 0 Å². The molecule has 2 heterocycles. The number of nitrogens with zero attached hydrogens (tertiary/aromatic N) is 2. The van der Waals surface area contributed by atoms with Crippen molar-refractivity contribution >= 4 is 6.03 Å². The summed E-state index contributed by atoms with van der Waals surface area (Å²) in [6.07, 6.45) is 0.755. The van der Waals surface area contributed by atoms with Crippen LogP contribution in [-0.4, -0.2) is 75.5 Å². The molecule has 0 spiro atoms. The lowest BCUT2D eigenvalue weighted by atomic mass is 9.99. The summed E-state index contributed by atoms with van der Waals surface area (Å²) in [5.74, 6) is 1.45. The van der Waals surface area contributed by atoms with E-state index in [1.165, 1.54) is 16.0 Å². The Morgan fingerprint density at radius 2 is 1.93 bits per heavy atom. The van der Waals surface area contributed by atoms with Gasteiger partial charge in [0.2, 0.25) is 0 Å². The van der Waals surface area contributed by atoms with Gasteiger partial charge in [0.05, 0.1) is 20.3 Å². The van der Waals surface area contributed by atoms with Gasteiger partial charge in [-0.3, -0.25) is 4.90 Å². The summed E-state index contributed by atoms with van der Waals surface area (Å²) in [6.45, 7) is 0.722. The van der Waals surface area contributed by atoms with Crippen LogP contribution in [0.3, 0.4) is 0 Å². The normalized spacial score (nSPS) is 19.6. The van der Waals surface area contributed by atoms with Crippen molar-refractivity contribution in [2.24, 2.45) is 0 Å². The van der Waals surface area contributed by atoms with E-state index in [-0.39, 0.29) is 12.6 Å². The molecule has 28 heavy (non-hydrogen) atoms. The average molecular weight is 399 g/mol. The number of benzene rings is 1. The number of amides is 2. The predicted molar refractivity (Wildman–Crippen MR) is 99.0 cm³/mol. The first kappa shape index (κ1) is 20.6. The van der Waals surface area contributed by atoms with E-state index in [9.17, 15) is 13.6 Å². The summed E-state index contributed by atoms with van der Waals surface area (Å²) in [6, 6.07) is 3.80. The quantitative estimate of drug-likeness (QED) is 0.761. The second kappa shape index (κ2) is 9.38. The summed E-state index contributed by atoms with van der Waals surface area (Å²) in [4.78, 5) is 16.0. The highest BCUT2D eigenvalue weighted by Gasteiger charge is 2.28. The molecule has 1 aromatic carbocycles. The number of alkyl halides is 2. The summed E-state index contributed by atoms with van der Waals surface area (Å²) >= 11 is 0. The zero-order chi connectivity index (χ0) is 20.1. The first-order valence-electron chi connectivity index (χ1n) is 9.42. The second-order valence-electron chi connectivity index (χ2n) is 6.99. The highest BCUT2D eigenvalue weighted by molar-refractivity contribution is 5.74. The third kappa shape index (κ3) is 5.02. The standard InChI is InChI=1S/C19H27F2N3O4/c1-26-16-9-13-3-6-23(11-14(13)10-17(16)27-2)8-5-22-19(25)24-7-4-15(12-24)28-18(20)21/h9-10,15,18H,3-8,11-12H2,1-2H3,(H,22,25)/t15-/m0/s1. The van der Waals surface area contributed by atoms with Crippen LogP contribution < -0.4 is 14.8 Å². The van der Waals surface area contributed by atoms with Crippen molar-refractivity contribution < 1.29 is 27.8 Å². The van der Waals surface area contributed by atoms with Crippen molar-refractivity contribution in [1.29, 1.82) is 0 Å². The minimum Gasteiger partial charge on any atom is -0.493 e. The van der Waals surface area contributed by atoms with Crippen molar-refractivity contribution in [3.8, 4) is 11.5 Å². The molecule has 1 atom stereocenters. The lowest BCUT2D eigenvalue weighted by molar-refractivity contribution is -0.158. The van der Waals surface area contributed by atoms with Gasteiger partial charge in [0.15, 0.2) is 11.5 Å². The van der Waals surface area contributed by atoms with Gasteiger partial charge < -0.3 is 24.4 Å². The van der Waals surface area contributed by atoms with Crippen LogP contribution in [0.5, 0.6) is 11.5 Å². The Labute approximate surface area is 163 Å². The van der Waals surface area contributed by atoms with Crippen LogP contribution in [0.25, 0.3) is 0 Å². The van der Waals surface area contributed by atoms with Gasteiger partial charge >= 0.3 is 12.6 Å². The van der Waals surface area contributed by atoms with Crippen molar-refractivity contribution in [1.82, 2.24) is 15.1 Å². The highest BCUT2D eigenvalue weighted by Crippen LogP contribution is 2.33. The molecule has 0 saturated carbocycles. The number of fused-ring (bicyclic) bond motifs is 1. The number of hydrogen-bond acceptors (Lipinski definition) is 5. The Balaban J connectivity index is 1.45. The molecule has 0 unspecified atom stereocenters. The molecule has 1 N–H and O–H groups in total. The Hall–Kier alpha value is -2.13. The molecule has 0 bridgehead atoms. The summed E-state index contributed by atoms with van der Waals surface area (Å²) in [5.41, 5.74) is 2.45. The van der Waals surface area contributed by atoms with Gasteiger partial charge in [-0.1, -0.05) is 0 Å². The maximum atomic E-state index is 12.3. The Bertz CT molecular complexity index is 689. The van der Waals surface area contributed by atoms with Gasteiger partial charge in [-0.15, -0.1) is 0 Å². The summed E-state index contributed by atoms with van der Waals surface area (Å²) in [7, 11) is 3.25. The molecule has 1 saturated heterocycles. The number of ether oxygens (including phenoxy) is 3. The maximum absolute atomic E-state index is 12.3. The molecule has 9 heteroatoms. The monoisotopic (exact) mass is 399 g/mol. The van der Waals surface area contributed by atoms with Crippen LogP contribution in [0.15, 0.2) is 12.1 Å². The van der Waals surface area contributed by atoms with Crippen molar-refractivity contribution in [3.05, 3.63) is 23.3 Å². The topological polar surface area (TPSA) is 63.3 Å². The van der Waals surface area contributed by atoms with Crippen LogP contribution in [0, 0.1) is 0 Å². The minimum atomic E-state index is -2.80. The van der Waals surface area contributed by atoms with Gasteiger partial charge in [0, 0.05) is 39.3 Å². The number of carbonyl (C=O) groups excluding carboxylic acids is 1. The zero-order valence-electron chi connectivity index (χ0n) is 16.2. The molecule has 2 aliphatic heterocycles. The fourth-order valence-corrected chi connectivity index (χ4v) is 3.73. The average Bonchev–Trinajstić information content (AvgIpc) is 3.14. The van der Waals surface area contributed by atoms with E-state index in [1.807, 2.05) is 12.1 Å². The highest BCUT2D eigenvalue weighted by atomic mass is 19.3. The third-order valence-electron chi connectivity index (χ3n) is 5.23. The van der Waals surface area contributed by atoms with E-state index in [0.29, 0.717) is 31.8 Å². The van der Waals surface area contributed by atoms with E-state index >= 15 is 0 Å². The molecular weight excluding hydrogens is 372 g/mol. The molecule has 0 aromatic heterocycles. The number of halogens is 2. The molecule has 3 rings (SSSR count). The van der Waals surface area contributed by atoms with Crippen molar-refractivity contribution in [2.45, 2.75) is 32.1 Å². The lowest BCUT2D eigenvalue weighted by Crippen LogP contribution is -2.43. The smallest absolute Gasteiger partial charge is 0.345 e. The molecule has 2 aliphatic rings. The number of rotatable bonds is 7. The van der Waals surface area contributed by atoms with E-state index < -0.39 is 12.7 Å². The fraction of sp³-hybridized carbons (Fsp3) is 0.632. The van der Waals surface area contributed by atoms with Crippen LogP contribution in [0.1, 0.15) is 17.5 Å². The van der Waals surface area contributed by atoms with Gasteiger partial charge in [-0.25, -0.2) is 4.79 Å².